The van der Waals surface area contributed by atoms with E-state index >= 15 is 0 Å². The zero-order chi connectivity index (χ0) is 15.5. The lowest BCUT2D eigenvalue weighted by Gasteiger charge is -2.39. The van der Waals surface area contributed by atoms with Gasteiger partial charge in [-0.15, -0.1) is 0 Å². The van der Waals surface area contributed by atoms with Crippen molar-refractivity contribution in [2.45, 2.75) is 26.0 Å². The molecule has 2 heterocycles. The SMILES string of the molecule is COCC(=O)Cn1ncc(N2CCOC(C)(C)C2)cc1=O. The second-order valence-electron chi connectivity index (χ2n) is 5.71. The first-order chi connectivity index (χ1) is 9.91. The lowest BCUT2D eigenvalue weighted by Crippen LogP contribution is -2.48. The summed E-state index contributed by atoms with van der Waals surface area (Å²) in [4.78, 5) is 25.6. The molecule has 0 atom stereocenters. The molecule has 0 aromatic carbocycles. The molecule has 116 valence electrons. The number of hydrogen-bond acceptors (Lipinski definition) is 6. The van der Waals surface area contributed by atoms with Crippen LogP contribution in [0.2, 0.25) is 0 Å². The van der Waals surface area contributed by atoms with E-state index in [1.165, 1.54) is 13.2 Å². The van der Waals surface area contributed by atoms with Crippen LogP contribution in [0.25, 0.3) is 0 Å². The first-order valence-electron chi connectivity index (χ1n) is 6.88. The highest BCUT2D eigenvalue weighted by molar-refractivity contribution is 5.79. The van der Waals surface area contributed by atoms with Gasteiger partial charge < -0.3 is 14.4 Å². The molecular weight excluding hydrogens is 274 g/mol. The lowest BCUT2D eigenvalue weighted by atomic mass is 10.1. The largest absolute Gasteiger partial charge is 0.377 e. The summed E-state index contributed by atoms with van der Waals surface area (Å²) in [6, 6.07) is 1.51. The van der Waals surface area contributed by atoms with E-state index in [0.29, 0.717) is 13.2 Å². The number of methoxy groups -OCH3 is 1. The maximum Gasteiger partial charge on any atom is 0.269 e. The number of anilines is 1. The summed E-state index contributed by atoms with van der Waals surface area (Å²) in [5, 5.41) is 4.07. The van der Waals surface area contributed by atoms with Gasteiger partial charge in [-0.2, -0.15) is 5.10 Å². The van der Waals surface area contributed by atoms with Crippen LogP contribution in [0.1, 0.15) is 13.8 Å². The molecule has 0 unspecified atom stereocenters. The summed E-state index contributed by atoms with van der Waals surface area (Å²) in [6.07, 6.45) is 1.61. The second kappa shape index (κ2) is 6.36. The van der Waals surface area contributed by atoms with Gasteiger partial charge in [0, 0.05) is 26.3 Å². The number of Topliss-reactive ketones (excluding diaryl/α,β-unsaturated/α-hetero) is 1. The predicted octanol–water partition coefficient (Wildman–Crippen LogP) is 0.0740. The van der Waals surface area contributed by atoms with Crippen LogP contribution in [-0.4, -0.2) is 54.6 Å². The minimum atomic E-state index is -0.291. The van der Waals surface area contributed by atoms with Crippen molar-refractivity contribution in [1.82, 2.24) is 9.78 Å². The Morgan fingerprint density at radius 3 is 2.90 bits per heavy atom. The van der Waals surface area contributed by atoms with Crippen molar-refractivity contribution < 1.29 is 14.3 Å². The number of ether oxygens (including phenoxy) is 2. The van der Waals surface area contributed by atoms with Crippen LogP contribution < -0.4 is 10.5 Å². The second-order valence-corrected chi connectivity index (χ2v) is 5.71. The van der Waals surface area contributed by atoms with E-state index in [2.05, 4.69) is 10.00 Å². The maximum atomic E-state index is 12.0. The van der Waals surface area contributed by atoms with Crippen LogP contribution in [0.15, 0.2) is 17.1 Å². The molecule has 0 bridgehead atoms. The number of rotatable bonds is 5. The third-order valence-electron chi connectivity index (χ3n) is 3.28. The normalized spacial score (nSPS) is 17.8. The van der Waals surface area contributed by atoms with Crippen molar-refractivity contribution in [3.63, 3.8) is 0 Å². The summed E-state index contributed by atoms with van der Waals surface area (Å²) in [5.74, 6) is -0.188. The van der Waals surface area contributed by atoms with Crippen LogP contribution in [-0.2, 0) is 20.8 Å². The average molecular weight is 295 g/mol. The van der Waals surface area contributed by atoms with Gasteiger partial charge in [-0.1, -0.05) is 0 Å². The Labute approximate surface area is 123 Å². The molecule has 0 aliphatic carbocycles. The lowest BCUT2D eigenvalue weighted by molar-refractivity contribution is -0.123. The van der Waals surface area contributed by atoms with E-state index in [0.717, 1.165) is 16.9 Å². The first kappa shape index (κ1) is 15.7. The summed E-state index contributed by atoms with van der Waals surface area (Å²) in [6.45, 7) is 5.96. The molecule has 1 aromatic rings. The Balaban J connectivity index is 2.12. The molecule has 0 spiro atoms. The van der Waals surface area contributed by atoms with Crippen LogP contribution in [0, 0.1) is 0 Å². The average Bonchev–Trinajstić information content (AvgIpc) is 2.40. The summed E-state index contributed by atoms with van der Waals surface area (Å²) < 4.78 is 11.5. The van der Waals surface area contributed by atoms with E-state index in [9.17, 15) is 9.59 Å². The van der Waals surface area contributed by atoms with Gasteiger partial charge in [0.2, 0.25) is 0 Å². The summed E-state index contributed by atoms with van der Waals surface area (Å²) in [7, 11) is 1.44. The van der Waals surface area contributed by atoms with Crippen molar-refractivity contribution in [2.24, 2.45) is 0 Å². The van der Waals surface area contributed by atoms with Gasteiger partial charge in [-0.05, 0) is 13.8 Å². The Hall–Kier alpha value is -1.73. The van der Waals surface area contributed by atoms with Gasteiger partial charge in [-0.3, -0.25) is 9.59 Å². The van der Waals surface area contributed by atoms with Gasteiger partial charge in [0.1, 0.15) is 13.2 Å². The molecule has 0 amide bonds. The first-order valence-corrected chi connectivity index (χ1v) is 6.88. The molecule has 1 saturated heterocycles. The topological polar surface area (TPSA) is 73.7 Å². The minimum absolute atomic E-state index is 0.0203. The Kier molecular flexibility index (Phi) is 4.74. The summed E-state index contributed by atoms with van der Waals surface area (Å²) >= 11 is 0. The number of carbonyl (C=O) groups is 1. The highest BCUT2D eigenvalue weighted by Crippen LogP contribution is 2.21. The molecular formula is C14H21N3O4. The van der Waals surface area contributed by atoms with Gasteiger partial charge >= 0.3 is 0 Å². The predicted molar refractivity (Wildman–Crippen MR) is 77.6 cm³/mol. The van der Waals surface area contributed by atoms with Crippen LogP contribution in [0.5, 0.6) is 0 Å². The number of morpholine rings is 1. The fourth-order valence-corrected chi connectivity index (χ4v) is 2.33. The molecule has 21 heavy (non-hydrogen) atoms. The van der Waals surface area contributed by atoms with E-state index in [4.69, 9.17) is 9.47 Å². The van der Waals surface area contributed by atoms with Crippen molar-refractivity contribution in [3.05, 3.63) is 22.6 Å². The monoisotopic (exact) mass is 295 g/mol. The number of carbonyl (C=O) groups excluding carboxylic acids is 1. The molecule has 0 saturated carbocycles. The molecule has 1 aliphatic heterocycles. The zero-order valence-electron chi connectivity index (χ0n) is 12.7. The zero-order valence-corrected chi connectivity index (χ0v) is 12.7. The van der Waals surface area contributed by atoms with Crippen molar-refractivity contribution in [2.75, 3.05) is 38.3 Å². The molecule has 1 fully saturated rings. The smallest absolute Gasteiger partial charge is 0.269 e. The maximum absolute atomic E-state index is 12.0. The van der Waals surface area contributed by atoms with Gasteiger partial charge in [0.15, 0.2) is 5.78 Å². The fraction of sp³-hybridized carbons (Fsp3) is 0.643. The van der Waals surface area contributed by atoms with E-state index in [1.807, 2.05) is 13.8 Å². The number of nitrogens with zero attached hydrogens (tertiary/aromatic N) is 3. The van der Waals surface area contributed by atoms with Crippen LogP contribution in [0.3, 0.4) is 0 Å². The Morgan fingerprint density at radius 1 is 1.52 bits per heavy atom. The fourth-order valence-electron chi connectivity index (χ4n) is 2.33. The minimum Gasteiger partial charge on any atom is -0.377 e. The molecule has 0 N–H and O–H groups in total. The number of aromatic nitrogens is 2. The standard InChI is InChI=1S/C14H21N3O4/c1-14(2)10-16(4-5-21-14)11-6-13(19)17(15-7-11)8-12(18)9-20-3/h6-7H,4-5,8-10H2,1-3H3. The molecule has 2 rings (SSSR count). The highest BCUT2D eigenvalue weighted by Gasteiger charge is 2.27. The third kappa shape index (κ3) is 4.12. The van der Waals surface area contributed by atoms with Crippen molar-refractivity contribution in [3.8, 4) is 0 Å². The molecule has 7 heteroatoms. The Morgan fingerprint density at radius 2 is 2.29 bits per heavy atom. The highest BCUT2D eigenvalue weighted by atomic mass is 16.5. The Bertz CT molecular complexity index is 568. The molecule has 1 aliphatic rings. The number of hydrogen-bond donors (Lipinski definition) is 0. The van der Waals surface area contributed by atoms with Gasteiger partial charge in [0.05, 0.1) is 24.1 Å². The van der Waals surface area contributed by atoms with Crippen LogP contribution >= 0.6 is 0 Å². The third-order valence-corrected chi connectivity index (χ3v) is 3.28. The number of ketones is 1. The van der Waals surface area contributed by atoms with Crippen LogP contribution in [0.4, 0.5) is 5.69 Å². The van der Waals surface area contributed by atoms with E-state index in [1.54, 1.807) is 6.20 Å². The molecule has 1 aromatic heterocycles. The summed E-state index contributed by atoms with van der Waals surface area (Å²) in [5.41, 5.74) is 0.217. The van der Waals surface area contributed by atoms with E-state index < -0.39 is 0 Å². The van der Waals surface area contributed by atoms with Crippen molar-refractivity contribution in [1.29, 1.82) is 0 Å². The van der Waals surface area contributed by atoms with Gasteiger partial charge in [0.25, 0.3) is 5.56 Å². The van der Waals surface area contributed by atoms with Crippen molar-refractivity contribution >= 4 is 11.5 Å². The quantitative estimate of drug-likeness (QED) is 0.765. The van der Waals surface area contributed by atoms with Gasteiger partial charge in [-0.25, -0.2) is 4.68 Å². The molecule has 7 nitrogen and oxygen atoms in total. The van der Waals surface area contributed by atoms with E-state index in [-0.39, 0.29) is 30.1 Å². The molecule has 0 radical (unpaired) electrons.